The van der Waals surface area contributed by atoms with E-state index in [9.17, 15) is 0 Å². The van der Waals surface area contributed by atoms with Gasteiger partial charge in [0.1, 0.15) is 11.0 Å². The van der Waals surface area contributed by atoms with Gasteiger partial charge in [-0.15, -0.1) is 0 Å². The zero-order valence-electron chi connectivity index (χ0n) is 9.73. The van der Waals surface area contributed by atoms with E-state index in [0.29, 0.717) is 12.0 Å². The molecular formula is C12H17N3. The van der Waals surface area contributed by atoms with Crippen molar-refractivity contribution in [2.45, 2.75) is 39.7 Å². The van der Waals surface area contributed by atoms with E-state index < -0.39 is 0 Å². The Morgan fingerprint density at radius 1 is 1.13 bits per heavy atom. The molecule has 2 aromatic heterocycles. The molecule has 0 aromatic carbocycles. The Kier molecular flexibility index (Phi) is 2.47. The van der Waals surface area contributed by atoms with Crippen LogP contribution in [0.1, 0.15) is 45.2 Å². The second-order valence-corrected chi connectivity index (χ2v) is 4.53. The second kappa shape index (κ2) is 3.65. The molecular weight excluding hydrogens is 186 g/mol. The third-order valence-corrected chi connectivity index (χ3v) is 2.59. The van der Waals surface area contributed by atoms with Crippen molar-refractivity contribution >= 4 is 11.0 Å². The molecule has 0 bridgehead atoms. The quantitative estimate of drug-likeness (QED) is 0.750. The third kappa shape index (κ3) is 1.87. The normalized spacial score (nSPS) is 11.9. The summed E-state index contributed by atoms with van der Waals surface area (Å²) in [5, 5.41) is 4.51. The summed E-state index contributed by atoms with van der Waals surface area (Å²) in [5.41, 5.74) is 3.22. The lowest BCUT2D eigenvalue weighted by molar-refractivity contribution is 0.537. The van der Waals surface area contributed by atoms with Gasteiger partial charge in [0.15, 0.2) is 0 Å². The highest BCUT2D eigenvalue weighted by Crippen LogP contribution is 2.19. The number of nitrogens with zero attached hydrogens (tertiary/aromatic N) is 3. The predicted molar refractivity (Wildman–Crippen MR) is 62.0 cm³/mol. The van der Waals surface area contributed by atoms with Crippen LogP contribution in [0.2, 0.25) is 0 Å². The van der Waals surface area contributed by atoms with Gasteiger partial charge in [-0.25, -0.2) is 0 Å². The molecule has 0 saturated heterocycles. The van der Waals surface area contributed by atoms with Gasteiger partial charge in [-0.05, 0) is 31.4 Å². The average Bonchev–Trinajstić information content (AvgIpc) is 2.59. The minimum atomic E-state index is 0.390. The number of hydrogen-bond donors (Lipinski definition) is 0. The number of fused-ring (bicyclic) bond motifs is 1. The molecule has 0 atom stereocenters. The summed E-state index contributed by atoms with van der Waals surface area (Å²) in [4.78, 5) is 4.42. The van der Waals surface area contributed by atoms with E-state index in [2.05, 4.69) is 43.8 Å². The molecule has 0 radical (unpaired) electrons. The molecule has 0 saturated carbocycles. The highest BCUT2D eigenvalue weighted by Gasteiger charge is 2.06. The molecule has 3 nitrogen and oxygen atoms in total. The summed E-state index contributed by atoms with van der Waals surface area (Å²) in [5.74, 6) is 0.506. The molecule has 0 aliphatic carbocycles. The van der Waals surface area contributed by atoms with Gasteiger partial charge in [0, 0.05) is 12.2 Å². The van der Waals surface area contributed by atoms with Crippen molar-refractivity contribution in [1.82, 2.24) is 14.8 Å². The van der Waals surface area contributed by atoms with Crippen molar-refractivity contribution in [3.63, 3.8) is 0 Å². The number of pyridine rings is 1. The summed E-state index contributed by atoms with van der Waals surface area (Å²) in [7, 11) is 0. The van der Waals surface area contributed by atoms with Crippen LogP contribution in [0.15, 0.2) is 18.5 Å². The van der Waals surface area contributed by atoms with Crippen LogP contribution in [0.5, 0.6) is 0 Å². The molecule has 0 fully saturated rings. The molecule has 3 heteroatoms. The Balaban J connectivity index is 2.52. The lowest BCUT2D eigenvalue weighted by Gasteiger charge is -2.03. The largest absolute Gasteiger partial charge is 0.267 e. The first-order valence-corrected chi connectivity index (χ1v) is 5.42. The summed E-state index contributed by atoms with van der Waals surface area (Å²) in [6.07, 6.45) is 3.95. The molecule has 15 heavy (non-hydrogen) atoms. The van der Waals surface area contributed by atoms with Crippen molar-refractivity contribution in [1.29, 1.82) is 0 Å². The molecule has 80 valence electrons. The van der Waals surface area contributed by atoms with Crippen LogP contribution >= 0.6 is 0 Å². The maximum absolute atomic E-state index is 4.51. The number of hydrogen-bond acceptors (Lipinski definition) is 2. The molecule has 0 N–H and O–H groups in total. The first kappa shape index (κ1) is 10.1. The smallest absolute Gasteiger partial charge is 0.111 e. The van der Waals surface area contributed by atoms with Crippen LogP contribution in [0.3, 0.4) is 0 Å². The zero-order chi connectivity index (χ0) is 11.0. The topological polar surface area (TPSA) is 30.7 Å². The van der Waals surface area contributed by atoms with Crippen LogP contribution < -0.4 is 0 Å². The third-order valence-electron chi connectivity index (χ3n) is 2.59. The van der Waals surface area contributed by atoms with E-state index in [0.717, 1.165) is 11.0 Å². The van der Waals surface area contributed by atoms with Crippen LogP contribution in [0, 0.1) is 0 Å². The minimum Gasteiger partial charge on any atom is -0.267 e. The van der Waals surface area contributed by atoms with Gasteiger partial charge in [0.2, 0.25) is 0 Å². The summed E-state index contributed by atoms with van der Waals surface area (Å²) in [6, 6.07) is 2.52. The molecule has 0 aliphatic heterocycles. The van der Waals surface area contributed by atoms with Crippen LogP contribution in [-0.2, 0) is 0 Å². The van der Waals surface area contributed by atoms with Crippen molar-refractivity contribution < 1.29 is 0 Å². The lowest BCUT2D eigenvalue weighted by atomic mass is 10.1. The minimum absolute atomic E-state index is 0.390. The Bertz CT molecular complexity index is 463. The molecule has 0 amide bonds. The van der Waals surface area contributed by atoms with E-state index in [1.54, 1.807) is 0 Å². The fourth-order valence-corrected chi connectivity index (χ4v) is 1.52. The standard InChI is InChI=1S/C12H17N3/c1-8(2)10-5-11-12(13-6-10)7-15(14-11)9(3)4/h5-9H,1-4H3. The van der Waals surface area contributed by atoms with Gasteiger partial charge in [-0.3, -0.25) is 9.67 Å². The van der Waals surface area contributed by atoms with Gasteiger partial charge in [0.05, 0.1) is 6.20 Å². The summed E-state index contributed by atoms with van der Waals surface area (Å²) < 4.78 is 1.96. The summed E-state index contributed by atoms with van der Waals surface area (Å²) in [6.45, 7) is 8.58. The highest BCUT2D eigenvalue weighted by atomic mass is 15.3. The maximum Gasteiger partial charge on any atom is 0.111 e. The fourth-order valence-electron chi connectivity index (χ4n) is 1.52. The zero-order valence-corrected chi connectivity index (χ0v) is 9.73. The number of rotatable bonds is 2. The van der Waals surface area contributed by atoms with Crippen molar-refractivity contribution in [2.24, 2.45) is 0 Å². The first-order chi connectivity index (χ1) is 7.08. The Labute approximate surface area is 90.1 Å². The predicted octanol–water partition coefficient (Wildman–Crippen LogP) is 3.14. The monoisotopic (exact) mass is 203 g/mol. The van der Waals surface area contributed by atoms with Crippen LogP contribution in [0.25, 0.3) is 11.0 Å². The van der Waals surface area contributed by atoms with Crippen molar-refractivity contribution in [3.05, 3.63) is 24.0 Å². The van der Waals surface area contributed by atoms with E-state index in [1.807, 2.05) is 17.1 Å². The van der Waals surface area contributed by atoms with E-state index in [-0.39, 0.29) is 0 Å². The molecule has 0 aliphatic rings. The van der Waals surface area contributed by atoms with Gasteiger partial charge in [-0.2, -0.15) is 5.10 Å². The Hall–Kier alpha value is -1.38. The average molecular weight is 203 g/mol. The van der Waals surface area contributed by atoms with Gasteiger partial charge < -0.3 is 0 Å². The molecule has 0 spiro atoms. The molecule has 2 heterocycles. The van der Waals surface area contributed by atoms with E-state index in [4.69, 9.17) is 0 Å². The van der Waals surface area contributed by atoms with Gasteiger partial charge in [-0.1, -0.05) is 13.8 Å². The fraction of sp³-hybridized carbons (Fsp3) is 0.500. The summed E-state index contributed by atoms with van der Waals surface area (Å²) >= 11 is 0. The SMILES string of the molecule is CC(C)c1cnc2cn(C(C)C)nc2c1. The lowest BCUT2D eigenvalue weighted by Crippen LogP contribution is -1.99. The molecule has 2 aromatic rings. The van der Waals surface area contributed by atoms with E-state index in [1.165, 1.54) is 5.56 Å². The Morgan fingerprint density at radius 3 is 2.47 bits per heavy atom. The van der Waals surface area contributed by atoms with Gasteiger partial charge in [0.25, 0.3) is 0 Å². The number of aromatic nitrogens is 3. The van der Waals surface area contributed by atoms with Gasteiger partial charge >= 0.3 is 0 Å². The Morgan fingerprint density at radius 2 is 1.87 bits per heavy atom. The van der Waals surface area contributed by atoms with Crippen molar-refractivity contribution in [2.75, 3.05) is 0 Å². The van der Waals surface area contributed by atoms with Crippen molar-refractivity contribution in [3.8, 4) is 0 Å². The highest BCUT2D eigenvalue weighted by molar-refractivity contribution is 5.73. The molecule has 2 rings (SSSR count). The van der Waals surface area contributed by atoms with Crippen LogP contribution in [0.4, 0.5) is 0 Å². The second-order valence-electron chi connectivity index (χ2n) is 4.53. The molecule has 0 unspecified atom stereocenters. The first-order valence-electron chi connectivity index (χ1n) is 5.42. The van der Waals surface area contributed by atoms with E-state index >= 15 is 0 Å². The maximum atomic E-state index is 4.51. The van der Waals surface area contributed by atoms with Crippen LogP contribution in [-0.4, -0.2) is 14.8 Å².